The van der Waals surface area contributed by atoms with Gasteiger partial charge in [0.1, 0.15) is 0 Å². The Morgan fingerprint density at radius 1 is 1.50 bits per heavy atom. The zero-order valence-electron chi connectivity index (χ0n) is 11.8. The number of anilines is 1. The molecule has 5 heteroatoms. The molecular formula is C13H24N4O. The Morgan fingerprint density at radius 2 is 2.22 bits per heavy atom. The lowest BCUT2D eigenvalue weighted by Gasteiger charge is -2.15. The second-order valence-electron chi connectivity index (χ2n) is 4.95. The number of hydrogen-bond acceptors (Lipinski definition) is 4. The fourth-order valence-corrected chi connectivity index (χ4v) is 1.63. The summed E-state index contributed by atoms with van der Waals surface area (Å²) < 4.78 is 1.71. The molecular weight excluding hydrogens is 228 g/mol. The van der Waals surface area contributed by atoms with Gasteiger partial charge in [0.05, 0.1) is 0 Å². The minimum Gasteiger partial charge on any atom is -0.364 e. The van der Waals surface area contributed by atoms with Crippen LogP contribution in [-0.4, -0.2) is 41.1 Å². The highest BCUT2D eigenvalue weighted by Crippen LogP contribution is 1.98. The van der Waals surface area contributed by atoms with E-state index in [-0.39, 0.29) is 5.56 Å². The molecule has 5 nitrogen and oxygen atoms in total. The van der Waals surface area contributed by atoms with E-state index in [0.29, 0.717) is 11.7 Å². The summed E-state index contributed by atoms with van der Waals surface area (Å²) >= 11 is 0. The zero-order valence-corrected chi connectivity index (χ0v) is 11.8. The van der Waals surface area contributed by atoms with Crippen LogP contribution in [0.25, 0.3) is 0 Å². The van der Waals surface area contributed by atoms with E-state index in [1.54, 1.807) is 17.0 Å². The van der Waals surface area contributed by atoms with Gasteiger partial charge in [-0.2, -0.15) is 0 Å². The fourth-order valence-electron chi connectivity index (χ4n) is 1.63. The van der Waals surface area contributed by atoms with Crippen molar-refractivity contribution in [3.05, 3.63) is 22.7 Å². The summed E-state index contributed by atoms with van der Waals surface area (Å²) in [6.07, 6.45) is 3.42. The first-order valence-corrected chi connectivity index (χ1v) is 6.52. The molecule has 1 aromatic rings. The van der Waals surface area contributed by atoms with Crippen molar-refractivity contribution in [2.45, 2.75) is 27.3 Å². The Bertz CT molecular complexity index is 414. The van der Waals surface area contributed by atoms with Gasteiger partial charge >= 0.3 is 0 Å². The maximum atomic E-state index is 12.1. The van der Waals surface area contributed by atoms with Crippen molar-refractivity contribution < 1.29 is 0 Å². The van der Waals surface area contributed by atoms with Crippen molar-refractivity contribution in [2.75, 3.05) is 32.0 Å². The molecule has 0 saturated heterocycles. The fraction of sp³-hybridized carbons (Fsp3) is 0.692. The number of hydrogen-bond donors (Lipinski definition) is 1. The number of nitrogens with one attached hydrogen (secondary N) is 1. The summed E-state index contributed by atoms with van der Waals surface area (Å²) in [4.78, 5) is 18.4. The minimum atomic E-state index is -0.0367. The van der Waals surface area contributed by atoms with Crippen LogP contribution in [0.5, 0.6) is 0 Å². The molecule has 0 amide bonds. The third-order valence-corrected chi connectivity index (χ3v) is 2.80. The van der Waals surface area contributed by atoms with Gasteiger partial charge < -0.3 is 14.8 Å². The van der Waals surface area contributed by atoms with Gasteiger partial charge in [-0.15, -0.1) is 0 Å². The Kier molecular flexibility index (Phi) is 5.85. The monoisotopic (exact) mass is 252 g/mol. The molecule has 0 aliphatic carbocycles. The summed E-state index contributed by atoms with van der Waals surface area (Å²) in [5.74, 6) is 0.895. The van der Waals surface area contributed by atoms with E-state index in [2.05, 4.69) is 43.0 Å². The highest BCUT2D eigenvalue weighted by atomic mass is 16.1. The maximum Gasteiger partial charge on any atom is 0.293 e. The first-order chi connectivity index (χ1) is 8.54. The SMILES string of the molecule is CCN(C)CCNc1nccn(CC(C)C)c1=O. The summed E-state index contributed by atoms with van der Waals surface area (Å²) in [5.41, 5.74) is -0.0367. The molecule has 0 saturated carbocycles. The third-order valence-electron chi connectivity index (χ3n) is 2.80. The van der Waals surface area contributed by atoms with Crippen molar-refractivity contribution in [2.24, 2.45) is 5.92 Å². The van der Waals surface area contributed by atoms with Crippen LogP contribution >= 0.6 is 0 Å². The van der Waals surface area contributed by atoms with Gasteiger partial charge in [-0.1, -0.05) is 20.8 Å². The average molecular weight is 252 g/mol. The van der Waals surface area contributed by atoms with Crippen LogP contribution in [0.4, 0.5) is 5.82 Å². The van der Waals surface area contributed by atoms with Gasteiger partial charge in [0.15, 0.2) is 5.82 Å². The molecule has 0 unspecified atom stereocenters. The molecule has 0 radical (unpaired) electrons. The van der Waals surface area contributed by atoms with E-state index < -0.39 is 0 Å². The van der Waals surface area contributed by atoms with Crippen LogP contribution in [0.1, 0.15) is 20.8 Å². The standard InChI is InChI=1S/C13H24N4O/c1-5-16(4)8-6-14-12-13(18)17(9-7-15-12)10-11(2)3/h7,9,11H,5-6,8,10H2,1-4H3,(H,14,15). The highest BCUT2D eigenvalue weighted by Gasteiger charge is 2.05. The van der Waals surface area contributed by atoms with E-state index >= 15 is 0 Å². The van der Waals surface area contributed by atoms with E-state index in [0.717, 1.165) is 26.2 Å². The van der Waals surface area contributed by atoms with E-state index in [1.807, 2.05) is 0 Å². The van der Waals surface area contributed by atoms with E-state index in [1.165, 1.54) is 0 Å². The van der Waals surface area contributed by atoms with Crippen molar-refractivity contribution >= 4 is 5.82 Å². The van der Waals surface area contributed by atoms with Crippen molar-refractivity contribution in [3.8, 4) is 0 Å². The molecule has 0 aliphatic rings. The van der Waals surface area contributed by atoms with Gasteiger partial charge in [-0.25, -0.2) is 4.98 Å². The lowest BCUT2D eigenvalue weighted by atomic mass is 10.2. The van der Waals surface area contributed by atoms with Crippen LogP contribution in [-0.2, 0) is 6.54 Å². The molecule has 0 aromatic carbocycles. The number of aromatic nitrogens is 2. The molecule has 0 spiro atoms. The topological polar surface area (TPSA) is 50.2 Å². The van der Waals surface area contributed by atoms with Crippen molar-refractivity contribution in [3.63, 3.8) is 0 Å². The number of nitrogens with zero attached hydrogens (tertiary/aromatic N) is 3. The van der Waals surface area contributed by atoms with Crippen LogP contribution in [0.3, 0.4) is 0 Å². The highest BCUT2D eigenvalue weighted by molar-refractivity contribution is 5.30. The van der Waals surface area contributed by atoms with Gasteiger partial charge in [0.25, 0.3) is 5.56 Å². The second-order valence-corrected chi connectivity index (χ2v) is 4.95. The van der Waals surface area contributed by atoms with Crippen molar-refractivity contribution in [1.82, 2.24) is 14.5 Å². The van der Waals surface area contributed by atoms with Crippen LogP contribution in [0, 0.1) is 5.92 Å². The lowest BCUT2D eigenvalue weighted by molar-refractivity contribution is 0.367. The summed E-state index contributed by atoms with van der Waals surface area (Å²) in [7, 11) is 2.05. The lowest BCUT2D eigenvalue weighted by Crippen LogP contribution is -2.29. The third kappa shape index (κ3) is 4.49. The largest absolute Gasteiger partial charge is 0.364 e. The first-order valence-electron chi connectivity index (χ1n) is 6.52. The number of likely N-dealkylation sites (N-methyl/N-ethyl adjacent to an activating group) is 1. The smallest absolute Gasteiger partial charge is 0.293 e. The van der Waals surface area contributed by atoms with Gasteiger partial charge in [0, 0.05) is 32.0 Å². The molecule has 1 aromatic heterocycles. The Balaban J connectivity index is 2.63. The Hall–Kier alpha value is -1.36. The summed E-state index contributed by atoms with van der Waals surface area (Å²) in [6.45, 7) is 9.66. The quantitative estimate of drug-likeness (QED) is 0.794. The molecule has 0 atom stereocenters. The number of rotatable bonds is 7. The summed E-state index contributed by atoms with van der Waals surface area (Å²) in [6, 6.07) is 0. The van der Waals surface area contributed by atoms with Crippen LogP contribution < -0.4 is 10.9 Å². The van der Waals surface area contributed by atoms with Gasteiger partial charge in [0.2, 0.25) is 0 Å². The molecule has 0 aliphatic heterocycles. The molecule has 1 N–H and O–H groups in total. The molecule has 102 valence electrons. The Labute approximate surface area is 109 Å². The predicted molar refractivity (Wildman–Crippen MR) is 75.0 cm³/mol. The van der Waals surface area contributed by atoms with Gasteiger partial charge in [-0.3, -0.25) is 4.79 Å². The first kappa shape index (κ1) is 14.7. The molecule has 1 rings (SSSR count). The second kappa shape index (κ2) is 7.16. The normalized spacial score (nSPS) is 11.2. The van der Waals surface area contributed by atoms with Crippen LogP contribution in [0.15, 0.2) is 17.2 Å². The van der Waals surface area contributed by atoms with Crippen LogP contribution in [0.2, 0.25) is 0 Å². The molecule has 18 heavy (non-hydrogen) atoms. The predicted octanol–water partition coefficient (Wildman–Crippen LogP) is 1.26. The Morgan fingerprint density at radius 3 is 2.83 bits per heavy atom. The summed E-state index contributed by atoms with van der Waals surface area (Å²) in [5, 5.41) is 3.11. The zero-order chi connectivity index (χ0) is 13.5. The van der Waals surface area contributed by atoms with E-state index in [9.17, 15) is 4.79 Å². The minimum absolute atomic E-state index is 0.0367. The van der Waals surface area contributed by atoms with E-state index in [4.69, 9.17) is 0 Å². The van der Waals surface area contributed by atoms with Crippen molar-refractivity contribution in [1.29, 1.82) is 0 Å². The molecule has 1 heterocycles. The van der Waals surface area contributed by atoms with Gasteiger partial charge in [-0.05, 0) is 19.5 Å². The maximum absolute atomic E-state index is 12.1. The average Bonchev–Trinajstić information content (AvgIpc) is 2.33. The molecule has 0 fully saturated rings. The molecule has 0 bridgehead atoms.